The molecule has 0 spiro atoms. The van der Waals surface area contributed by atoms with Crippen LogP contribution in [0.4, 0.5) is 0 Å². The molecule has 5 nitrogen and oxygen atoms in total. The first kappa shape index (κ1) is 17.7. The quantitative estimate of drug-likeness (QED) is 0.686. The first-order chi connectivity index (χ1) is 12.1. The van der Waals surface area contributed by atoms with Crippen LogP contribution in [-0.4, -0.2) is 26.2 Å². The molecule has 1 aromatic carbocycles. The fourth-order valence-electron chi connectivity index (χ4n) is 2.44. The lowest BCUT2D eigenvalue weighted by Gasteiger charge is -2.15. The Morgan fingerprint density at radius 3 is 2.80 bits per heavy atom. The molecule has 0 saturated carbocycles. The van der Waals surface area contributed by atoms with Crippen LogP contribution < -0.4 is 5.32 Å². The fourth-order valence-corrected chi connectivity index (χ4v) is 3.88. The molecule has 0 aliphatic heterocycles. The van der Waals surface area contributed by atoms with Gasteiger partial charge < -0.3 is 9.88 Å². The van der Waals surface area contributed by atoms with E-state index in [1.165, 1.54) is 0 Å². The number of hydrogen-bond donors (Lipinski definition) is 1. The number of hydrogen-bond acceptors (Lipinski definition) is 5. The Bertz CT molecular complexity index is 812. The SMILES string of the molecule is Cc1nc(CSCC(=O)N[C@H](C)c2ccc(-n3ccnc3)cc2)cs1. The van der Waals surface area contributed by atoms with Crippen LogP contribution in [0.5, 0.6) is 0 Å². The lowest BCUT2D eigenvalue weighted by Crippen LogP contribution is -2.28. The van der Waals surface area contributed by atoms with Crippen molar-refractivity contribution in [1.82, 2.24) is 19.9 Å². The monoisotopic (exact) mass is 372 g/mol. The lowest BCUT2D eigenvalue weighted by molar-refractivity contribution is -0.119. The molecule has 3 rings (SSSR count). The molecule has 2 heterocycles. The lowest BCUT2D eigenvalue weighted by atomic mass is 10.1. The van der Waals surface area contributed by atoms with E-state index in [9.17, 15) is 4.79 Å². The van der Waals surface area contributed by atoms with E-state index >= 15 is 0 Å². The van der Waals surface area contributed by atoms with Gasteiger partial charge in [-0.05, 0) is 31.5 Å². The highest BCUT2D eigenvalue weighted by molar-refractivity contribution is 7.99. The second kappa shape index (κ2) is 8.31. The minimum absolute atomic E-state index is 0.0218. The summed E-state index contributed by atoms with van der Waals surface area (Å²) in [7, 11) is 0. The summed E-state index contributed by atoms with van der Waals surface area (Å²) < 4.78 is 1.95. The molecule has 1 atom stereocenters. The molecule has 3 aromatic rings. The number of nitrogens with zero attached hydrogens (tertiary/aromatic N) is 3. The molecule has 1 N–H and O–H groups in total. The predicted molar refractivity (Wildman–Crippen MR) is 103 cm³/mol. The summed E-state index contributed by atoms with van der Waals surface area (Å²) in [5.41, 5.74) is 3.18. The third-order valence-electron chi connectivity index (χ3n) is 3.72. The number of thiazole rings is 1. The summed E-state index contributed by atoms with van der Waals surface area (Å²) in [6.07, 6.45) is 5.42. The van der Waals surface area contributed by atoms with Gasteiger partial charge in [0.15, 0.2) is 0 Å². The molecular formula is C18H20N4OS2. The molecule has 130 valence electrons. The molecule has 0 aliphatic carbocycles. The molecule has 0 radical (unpaired) electrons. The maximum absolute atomic E-state index is 12.1. The molecule has 0 fully saturated rings. The van der Waals surface area contributed by atoms with Gasteiger partial charge in [-0.1, -0.05) is 12.1 Å². The number of rotatable bonds is 7. The van der Waals surface area contributed by atoms with Gasteiger partial charge >= 0.3 is 0 Å². The highest BCUT2D eigenvalue weighted by Crippen LogP contribution is 2.17. The number of carbonyl (C=O) groups excluding carboxylic acids is 1. The Labute approximate surface area is 155 Å². The molecule has 7 heteroatoms. The van der Waals surface area contributed by atoms with Gasteiger partial charge in [-0.15, -0.1) is 23.1 Å². The number of aromatic nitrogens is 3. The van der Waals surface area contributed by atoms with Gasteiger partial charge in [0.2, 0.25) is 5.91 Å². The van der Waals surface area contributed by atoms with Crippen molar-refractivity contribution >= 4 is 29.0 Å². The van der Waals surface area contributed by atoms with Crippen molar-refractivity contribution in [3.8, 4) is 5.69 Å². The van der Waals surface area contributed by atoms with Crippen LogP contribution in [0.3, 0.4) is 0 Å². The second-order valence-electron chi connectivity index (χ2n) is 5.70. The minimum Gasteiger partial charge on any atom is -0.349 e. The number of aryl methyl sites for hydroxylation is 1. The number of amides is 1. The van der Waals surface area contributed by atoms with Crippen molar-refractivity contribution in [3.63, 3.8) is 0 Å². The third-order valence-corrected chi connectivity index (χ3v) is 5.51. The van der Waals surface area contributed by atoms with Crippen molar-refractivity contribution in [3.05, 3.63) is 64.6 Å². The fraction of sp³-hybridized carbons (Fsp3) is 0.278. The maximum atomic E-state index is 12.1. The zero-order valence-corrected chi connectivity index (χ0v) is 15.8. The van der Waals surface area contributed by atoms with Gasteiger partial charge in [0.25, 0.3) is 0 Å². The van der Waals surface area contributed by atoms with Crippen LogP contribution in [0, 0.1) is 6.92 Å². The van der Waals surface area contributed by atoms with Crippen LogP contribution in [0.15, 0.2) is 48.4 Å². The summed E-state index contributed by atoms with van der Waals surface area (Å²) in [4.78, 5) is 20.6. The van der Waals surface area contributed by atoms with E-state index in [0.29, 0.717) is 5.75 Å². The van der Waals surface area contributed by atoms with Crippen molar-refractivity contribution < 1.29 is 4.79 Å². The Balaban J connectivity index is 1.47. The molecule has 0 unspecified atom stereocenters. The summed E-state index contributed by atoms with van der Waals surface area (Å²) in [6.45, 7) is 3.99. The van der Waals surface area contributed by atoms with E-state index in [-0.39, 0.29) is 11.9 Å². The van der Waals surface area contributed by atoms with Crippen LogP contribution in [0.1, 0.15) is 29.2 Å². The molecular weight excluding hydrogens is 352 g/mol. The van der Waals surface area contributed by atoms with E-state index in [4.69, 9.17) is 0 Å². The average molecular weight is 373 g/mol. The van der Waals surface area contributed by atoms with Gasteiger partial charge in [0.05, 0.1) is 28.8 Å². The van der Waals surface area contributed by atoms with Gasteiger partial charge in [-0.25, -0.2) is 9.97 Å². The van der Waals surface area contributed by atoms with Crippen LogP contribution in [0.2, 0.25) is 0 Å². The molecule has 0 bridgehead atoms. The van der Waals surface area contributed by atoms with E-state index in [1.54, 1.807) is 35.6 Å². The zero-order valence-electron chi connectivity index (χ0n) is 14.2. The highest BCUT2D eigenvalue weighted by Gasteiger charge is 2.10. The summed E-state index contributed by atoms with van der Waals surface area (Å²) in [6, 6.07) is 8.10. The van der Waals surface area contributed by atoms with Crippen molar-refractivity contribution in [2.24, 2.45) is 0 Å². The number of imidazole rings is 1. The zero-order chi connectivity index (χ0) is 17.6. The summed E-state index contributed by atoms with van der Waals surface area (Å²) in [5.74, 6) is 1.25. The van der Waals surface area contributed by atoms with Gasteiger partial charge in [-0.2, -0.15) is 0 Å². The molecule has 1 amide bonds. The van der Waals surface area contributed by atoms with E-state index in [2.05, 4.69) is 15.3 Å². The smallest absolute Gasteiger partial charge is 0.230 e. The van der Waals surface area contributed by atoms with Crippen molar-refractivity contribution in [2.45, 2.75) is 25.6 Å². The maximum Gasteiger partial charge on any atom is 0.230 e. The third kappa shape index (κ3) is 4.93. The number of carbonyl (C=O) groups is 1. The van der Waals surface area contributed by atoms with Gasteiger partial charge in [0.1, 0.15) is 0 Å². The molecule has 0 saturated heterocycles. The highest BCUT2D eigenvalue weighted by atomic mass is 32.2. The topological polar surface area (TPSA) is 59.8 Å². The first-order valence-electron chi connectivity index (χ1n) is 7.98. The minimum atomic E-state index is -0.0218. The molecule has 2 aromatic heterocycles. The van der Waals surface area contributed by atoms with Crippen LogP contribution in [-0.2, 0) is 10.5 Å². The van der Waals surface area contributed by atoms with E-state index in [0.717, 1.165) is 27.7 Å². The Morgan fingerprint density at radius 2 is 2.16 bits per heavy atom. The van der Waals surface area contributed by atoms with E-state index < -0.39 is 0 Å². The van der Waals surface area contributed by atoms with Crippen molar-refractivity contribution in [1.29, 1.82) is 0 Å². The summed E-state index contributed by atoms with van der Waals surface area (Å²) >= 11 is 3.23. The Hall–Kier alpha value is -2.12. The van der Waals surface area contributed by atoms with Gasteiger partial charge in [0, 0.05) is 29.2 Å². The average Bonchev–Trinajstić information content (AvgIpc) is 3.27. The van der Waals surface area contributed by atoms with Crippen LogP contribution in [0.25, 0.3) is 5.69 Å². The first-order valence-corrected chi connectivity index (χ1v) is 10.0. The largest absolute Gasteiger partial charge is 0.349 e. The summed E-state index contributed by atoms with van der Waals surface area (Å²) in [5, 5.41) is 6.15. The number of nitrogens with one attached hydrogen (secondary N) is 1. The standard InChI is InChI=1S/C18H20N4OS2/c1-13(15-3-5-17(6-4-15)22-8-7-19-12-22)20-18(23)11-24-9-16-10-25-14(2)21-16/h3-8,10,12-13H,9,11H2,1-2H3,(H,20,23)/t13-/m1/s1. The van der Waals surface area contributed by atoms with Crippen molar-refractivity contribution in [2.75, 3.05) is 5.75 Å². The normalized spacial score (nSPS) is 12.1. The Morgan fingerprint density at radius 1 is 1.36 bits per heavy atom. The number of benzene rings is 1. The molecule has 0 aliphatic rings. The molecule has 25 heavy (non-hydrogen) atoms. The van der Waals surface area contributed by atoms with Gasteiger partial charge in [-0.3, -0.25) is 4.79 Å². The predicted octanol–water partition coefficient (Wildman–Crippen LogP) is 3.75. The van der Waals surface area contributed by atoms with E-state index in [1.807, 2.05) is 54.3 Å². The second-order valence-corrected chi connectivity index (χ2v) is 7.75. The number of thioether (sulfide) groups is 1. The Kier molecular flexibility index (Phi) is 5.88. The van der Waals surface area contributed by atoms with Crippen LogP contribution >= 0.6 is 23.1 Å².